The molecule has 2 N–H and O–H groups in total. The van der Waals surface area contributed by atoms with Gasteiger partial charge in [-0.2, -0.15) is 0 Å². The van der Waals surface area contributed by atoms with Crippen molar-refractivity contribution in [2.75, 3.05) is 10.6 Å². The van der Waals surface area contributed by atoms with E-state index in [1.54, 1.807) is 26.0 Å². The Balaban J connectivity index is 2.13. The molecule has 0 unspecified atom stereocenters. The van der Waals surface area contributed by atoms with E-state index in [1.165, 1.54) is 0 Å². The van der Waals surface area contributed by atoms with Gasteiger partial charge in [-0.1, -0.05) is 18.2 Å². The fraction of sp³-hybridized carbons (Fsp3) is 0.125. The maximum atomic E-state index is 13.4. The van der Waals surface area contributed by atoms with Gasteiger partial charge in [0.25, 0.3) is 0 Å². The van der Waals surface area contributed by atoms with Gasteiger partial charge < -0.3 is 10.6 Å². The van der Waals surface area contributed by atoms with Crippen molar-refractivity contribution >= 4 is 23.2 Å². The van der Waals surface area contributed by atoms with Gasteiger partial charge in [-0.05, 0) is 37.1 Å². The lowest BCUT2D eigenvalue weighted by molar-refractivity contribution is -0.133. The van der Waals surface area contributed by atoms with Crippen LogP contribution in [0, 0.1) is 25.5 Å². The van der Waals surface area contributed by atoms with Crippen molar-refractivity contribution in [3.8, 4) is 0 Å². The molecule has 0 aromatic heterocycles. The molecule has 2 aromatic carbocycles. The molecule has 0 saturated heterocycles. The number of hydrogen-bond donors (Lipinski definition) is 2. The Morgan fingerprint density at radius 2 is 1.50 bits per heavy atom. The molecule has 114 valence electrons. The molecule has 2 amide bonds. The van der Waals surface area contributed by atoms with Crippen molar-refractivity contribution in [2.45, 2.75) is 13.8 Å². The molecule has 0 heterocycles. The summed E-state index contributed by atoms with van der Waals surface area (Å²) in [6, 6.07) is 7.98. The molecule has 2 aromatic rings. The van der Waals surface area contributed by atoms with E-state index in [9.17, 15) is 18.4 Å². The van der Waals surface area contributed by atoms with Crippen molar-refractivity contribution in [1.29, 1.82) is 0 Å². The normalized spacial score (nSPS) is 10.2. The summed E-state index contributed by atoms with van der Waals surface area (Å²) in [5.74, 6) is -3.57. The van der Waals surface area contributed by atoms with Crippen LogP contribution in [0.15, 0.2) is 36.4 Å². The summed E-state index contributed by atoms with van der Waals surface area (Å²) in [6.45, 7) is 3.57. The summed E-state index contributed by atoms with van der Waals surface area (Å²) >= 11 is 0. The van der Waals surface area contributed by atoms with Gasteiger partial charge in [-0.3, -0.25) is 9.59 Å². The average molecular weight is 304 g/mol. The summed E-state index contributed by atoms with van der Waals surface area (Å²) in [4.78, 5) is 23.7. The van der Waals surface area contributed by atoms with Gasteiger partial charge in [-0.15, -0.1) is 0 Å². The zero-order chi connectivity index (χ0) is 16.3. The van der Waals surface area contributed by atoms with Gasteiger partial charge in [-0.25, -0.2) is 8.78 Å². The Hall–Kier alpha value is -2.76. The number of rotatable bonds is 2. The zero-order valence-electron chi connectivity index (χ0n) is 12.0. The van der Waals surface area contributed by atoms with Crippen molar-refractivity contribution in [1.82, 2.24) is 0 Å². The molecule has 0 aliphatic carbocycles. The fourth-order valence-corrected chi connectivity index (χ4v) is 1.95. The van der Waals surface area contributed by atoms with Crippen molar-refractivity contribution in [3.63, 3.8) is 0 Å². The quantitative estimate of drug-likeness (QED) is 0.837. The van der Waals surface area contributed by atoms with Crippen LogP contribution in [0.25, 0.3) is 0 Å². The third-order valence-electron chi connectivity index (χ3n) is 3.10. The molecule has 0 spiro atoms. The van der Waals surface area contributed by atoms with E-state index in [2.05, 4.69) is 5.32 Å². The topological polar surface area (TPSA) is 58.2 Å². The van der Waals surface area contributed by atoms with Crippen LogP contribution in [0.5, 0.6) is 0 Å². The molecule has 4 nitrogen and oxygen atoms in total. The van der Waals surface area contributed by atoms with Gasteiger partial charge in [0.1, 0.15) is 11.6 Å². The van der Waals surface area contributed by atoms with Crippen LogP contribution < -0.4 is 10.6 Å². The number of hydrogen-bond acceptors (Lipinski definition) is 2. The molecule has 0 radical (unpaired) electrons. The first-order valence-electron chi connectivity index (χ1n) is 6.52. The molecule has 0 aliphatic rings. The zero-order valence-corrected chi connectivity index (χ0v) is 12.0. The van der Waals surface area contributed by atoms with E-state index in [-0.39, 0.29) is 5.69 Å². The number of amides is 2. The van der Waals surface area contributed by atoms with Crippen LogP contribution >= 0.6 is 0 Å². The Kier molecular flexibility index (Phi) is 4.50. The van der Waals surface area contributed by atoms with Crippen LogP contribution in [-0.4, -0.2) is 11.8 Å². The predicted molar refractivity (Wildman–Crippen MR) is 79.5 cm³/mol. The fourth-order valence-electron chi connectivity index (χ4n) is 1.95. The van der Waals surface area contributed by atoms with E-state index >= 15 is 0 Å². The highest BCUT2D eigenvalue weighted by atomic mass is 19.1. The monoisotopic (exact) mass is 304 g/mol. The molecular formula is C16H14F2N2O2. The molecule has 0 atom stereocenters. The number of halogens is 2. The number of carbonyl (C=O) groups excluding carboxylic acids is 2. The van der Waals surface area contributed by atoms with E-state index in [1.807, 2.05) is 11.4 Å². The van der Waals surface area contributed by atoms with Crippen LogP contribution in [0.1, 0.15) is 11.1 Å². The third kappa shape index (κ3) is 3.46. The number of carbonyl (C=O) groups is 2. The lowest BCUT2D eigenvalue weighted by Crippen LogP contribution is -2.30. The second kappa shape index (κ2) is 6.34. The van der Waals surface area contributed by atoms with Crippen molar-refractivity contribution in [2.24, 2.45) is 0 Å². The molecular weight excluding hydrogens is 290 g/mol. The first-order chi connectivity index (χ1) is 10.4. The Morgan fingerprint density at radius 3 is 2.14 bits per heavy atom. The smallest absolute Gasteiger partial charge is 0.314 e. The minimum Gasteiger partial charge on any atom is -0.317 e. The maximum Gasteiger partial charge on any atom is 0.314 e. The van der Waals surface area contributed by atoms with Gasteiger partial charge in [0.05, 0.1) is 5.69 Å². The summed E-state index contributed by atoms with van der Waals surface area (Å²) in [5, 5.41) is 4.51. The molecule has 0 aliphatic heterocycles. The minimum atomic E-state index is -1.08. The van der Waals surface area contributed by atoms with Crippen LogP contribution in [0.2, 0.25) is 0 Å². The first kappa shape index (κ1) is 15.6. The van der Waals surface area contributed by atoms with Crippen molar-refractivity contribution < 1.29 is 18.4 Å². The van der Waals surface area contributed by atoms with Gasteiger partial charge in [0.2, 0.25) is 0 Å². The van der Waals surface area contributed by atoms with Crippen LogP contribution in [0.4, 0.5) is 20.2 Å². The second-order valence-corrected chi connectivity index (χ2v) is 4.80. The van der Waals surface area contributed by atoms with Crippen LogP contribution in [-0.2, 0) is 9.59 Å². The minimum absolute atomic E-state index is 0.387. The lowest BCUT2D eigenvalue weighted by Gasteiger charge is -2.11. The molecule has 0 bridgehead atoms. The Labute approximate surface area is 126 Å². The molecule has 22 heavy (non-hydrogen) atoms. The standard InChI is InChI=1S/C16H14F2N2O2/c1-9-4-3-5-10(2)14(9)20-16(22)15(21)19-13-8-11(17)6-7-12(13)18/h3-8H,1-2H3,(H,19,21)(H,20,22). The number of aryl methyl sites for hydroxylation is 2. The van der Waals surface area contributed by atoms with Gasteiger partial charge >= 0.3 is 11.8 Å². The van der Waals surface area contributed by atoms with E-state index in [0.29, 0.717) is 5.69 Å². The van der Waals surface area contributed by atoms with E-state index < -0.39 is 23.4 Å². The molecule has 2 rings (SSSR count). The summed E-state index contributed by atoms with van der Waals surface area (Å²) < 4.78 is 26.5. The number of para-hydroxylation sites is 1. The number of benzene rings is 2. The average Bonchev–Trinajstić information content (AvgIpc) is 2.46. The summed E-state index contributed by atoms with van der Waals surface area (Å²) in [5.41, 5.74) is 1.71. The largest absolute Gasteiger partial charge is 0.317 e. The van der Waals surface area contributed by atoms with E-state index in [0.717, 1.165) is 29.3 Å². The third-order valence-corrected chi connectivity index (χ3v) is 3.10. The van der Waals surface area contributed by atoms with Gasteiger partial charge in [0, 0.05) is 11.8 Å². The first-order valence-corrected chi connectivity index (χ1v) is 6.52. The SMILES string of the molecule is Cc1cccc(C)c1NC(=O)C(=O)Nc1cc(F)ccc1F. The number of anilines is 2. The maximum absolute atomic E-state index is 13.4. The highest BCUT2D eigenvalue weighted by molar-refractivity contribution is 6.43. The summed E-state index contributed by atoms with van der Waals surface area (Å²) in [6.07, 6.45) is 0. The molecule has 0 saturated carbocycles. The summed E-state index contributed by atoms with van der Waals surface area (Å²) in [7, 11) is 0. The second-order valence-electron chi connectivity index (χ2n) is 4.80. The van der Waals surface area contributed by atoms with Crippen molar-refractivity contribution in [3.05, 3.63) is 59.2 Å². The predicted octanol–water partition coefficient (Wildman–Crippen LogP) is 3.16. The van der Waals surface area contributed by atoms with E-state index in [4.69, 9.17) is 0 Å². The molecule has 0 fully saturated rings. The highest BCUT2D eigenvalue weighted by Gasteiger charge is 2.17. The van der Waals surface area contributed by atoms with Gasteiger partial charge in [0.15, 0.2) is 0 Å². The highest BCUT2D eigenvalue weighted by Crippen LogP contribution is 2.20. The Bertz CT molecular complexity index is 725. The lowest BCUT2D eigenvalue weighted by atomic mass is 10.1. The molecule has 6 heteroatoms. The number of nitrogens with one attached hydrogen (secondary N) is 2. The Morgan fingerprint density at radius 1 is 0.909 bits per heavy atom. The van der Waals surface area contributed by atoms with Crippen LogP contribution in [0.3, 0.4) is 0 Å².